The number of carbonyl (C=O) groups excluding carboxylic acids is 6. The molecule has 0 fully saturated rings. The summed E-state index contributed by atoms with van der Waals surface area (Å²) in [5.41, 5.74) is -5.25. The van der Waals surface area contributed by atoms with Crippen LogP contribution in [0.3, 0.4) is 0 Å². The topological polar surface area (TPSA) is 126 Å². The van der Waals surface area contributed by atoms with E-state index in [-0.39, 0.29) is 22.3 Å². The van der Waals surface area contributed by atoms with Gasteiger partial charge in [0.05, 0.1) is 22.5 Å². The molecule has 0 spiro atoms. The molecule has 0 bridgehead atoms. The number of rotatable bonds is 7. The monoisotopic (exact) mass is 700 g/mol. The van der Waals surface area contributed by atoms with Gasteiger partial charge in [-0.2, -0.15) is 35.1 Å². The Morgan fingerprint density at radius 3 is 1.00 bits per heavy atom. The number of benzene rings is 4. The molecule has 4 aromatic carbocycles. The standard InChI is InChI=1S/C34H16F8N2O6/c35-31(36,29(49)43-21-13-5-11-19-23(21)27(47)17-9-3-1-7-15(17)25(19)45)33(39,40)34(41,42)32(37,38)30(50)44-22-14-6-12-20-24(22)28(48)18-10-4-2-8-16(18)26(20)46/h1-14H,(H,43,49)(H,44,50). The minimum Gasteiger partial charge on any atom is -0.320 e. The van der Waals surface area contributed by atoms with Gasteiger partial charge in [0.1, 0.15) is 0 Å². The second-order valence-corrected chi connectivity index (χ2v) is 11.1. The van der Waals surface area contributed by atoms with Gasteiger partial charge in [0, 0.05) is 33.4 Å². The van der Waals surface area contributed by atoms with Crippen molar-refractivity contribution in [2.24, 2.45) is 0 Å². The highest BCUT2D eigenvalue weighted by Gasteiger charge is 2.84. The number of halogens is 8. The summed E-state index contributed by atoms with van der Waals surface area (Å²) in [6.45, 7) is 0. The zero-order valence-corrected chi connectivity index (χ0v) is 24.6. The van der Waals surface area contributed by atoms with E-state index in [0.29, 0.717) is 12.1 Å². The van der Waals surface area contributed by atoms with Gasteiger partial charge in [0.25, 0.3) is 0 Å². The molecule has 0 saturated carbocycles. The number of anilines is 2. The largest absolute Gasteiger partial charge is 0.393 e. The number of alkyl halides is 8. The quantitative estimate of drug-likeness (QED) is 0.187. The minimum absolute atomic E-state index is 0.123. The summed E-state index contributed by atoms with van der Waals surface area (Å²) in [4.78, 5) is 76.8. The molecule has 8 nitrogen and oxygen atoms in total. The normalized spacial score (nSPS) is 14.3. The molecular weight excluding hydrogens is 684 g/mol. The Labute approximate surface area is 274 Å². The molecule has 16 heteroatoms. The maximum Gasteiger partial charge on any atom is 0.393 e. The molecule has 4 aromatic rings. The molecule has 0 aromatic heterocycles. The van der Waals surface area contributed by atoms with Crippen LogP contribution in [0.15, 0.2) is 84.9 Å². The lowest BCUT2D eigenvalue weighted by atomic mass is 9.83. The Morgan fingerprint density at radius 1 is 0.400 bits per heavy atom. The zero-order chi connectivity index (χ0) is 36.6. The average Bonchev–Trinajstić information content (AvgIpc) is 3.09. The summed E-state index contributed by atoms with van der Waals surface area (Å²) in [5, 5.41) is 2.30. The Hall–Kier alpha value is -6.06. The SMILES string of the molecule is O=C1c2ccccc2C(=O)c2c(NC(=O)C(F)(F)C(F)(F)C(F)(F)C(F)(F)C(=O)Nc3cccc4c3C(=O)c3ccccc3C4=O)cccc21. The van der Waals surface area contributed by atoms with Crippen LogP contribution in [-0.2, 0) is 9.59 Å². The van der Waals surface area contributed by atoms with Crippen LogP contribution in [0.2, 0.25) is 0 Å². The van der Waals surface area contributed by atoms with Gasteiger partial charge in [-0.1, -0.05) is 72.8 Å². The van der Waals surface area contributed by atoms with E-state index in [9.17, 15) is 63.9 Å². The molecule has 0 atom stereocenters. The fraction of sp³-hybridized carbons (Fsp3) is 0.118. The first kappa shape index (κ1) is 33.8. The van der Waals surface area contributed by atoms with Gasteiger partial charge in [-0.3, -0.25) is 28.8 Å². The summed E-state index contributed by atoms with van der Waals surface area (Å²) in [6, 6.07) is 15.6. The molecule has 50 heavy (non-hydrogen) atoms. The molecule has 0 radical (unpaired) electrons. The van der Waals surface area contributed by atoms with E-state index < -0.39 is 92.3 Å². The molecule has 0 aliphatic heterocycles. The van der Waals surface area contributed by atoms with Gasteiger partial charge in [-0.15, -0.1) is 0 Å². The lowest BCUT2D eigenvalue weighted by Crippen LogP contribution is -2.67. The van der Waals surface area contributed by atoms with Gasteiger partial charge in [-0.25, -0.2) is 0 Å². The number of nitrogens with one attached hydrogen (secondary N) is 2. The van der Waals surface area contributed by atoms with Crippen molar-refractivity contribution < 1.29 is 63.9 Å². The summed E-state index contributed by atoms with van der Waals surface area (Å²) in [6.07, 6.45) is 0. The number of hydrogen-bond acceptors (Lipinski definition) is 6. The van der Waals surface area contributed by atoms with E-state index in [1.165, 1.54) is 36.4 Å². The number of amides is 2. The molecular formula is C34H16F8N2O6. The molecule has 0 unspecified atom stereocenters. The van der Waals surface area contributed by atoms with Crippen LogP contribution in [0.4, 0.5) is 46.5 Å². The van der Waals surface area contributed by atoms with Crippen molar-refractivity contribution in [1.29, 1.82) is 0 Å². The molecule has 6 rings (SSSR count). The lowest BCUT2D eigenvalue weighted by Gasteiger charge is -2.35. The first-order valence-electron chi connectivity index (χ1n) is 14.1. The van der Waals surface area contributed by atoms with Crippen LogP contribution in [0.1, 0.15) is 63.7 Å². The Balaban J connectivity index is 1.29. The van der Waals surface area contributed by atoms with Gasteiger partial charge < -0.3 is 10.6 Å². The Bertz CT molecular complexity index is 2060. The van der Waals surface area contributed by atoms with Crippen molar-refractivity contribution in [3.8, 4) is 0 Å². The van der Waals surface area contributed by atoms with Crippen molar-refractivity contribution in [1.82, 2.24) is 0 Å². The summed E-state index contributed by atoms with van der Waals surface area (Å²) in [5.74, 6) is -38.3. The average molecular weight is 700 g/mol. The first-order chi connectivity index (χ1) is 23.4. The summed E-state index contributed by atoms with van der Waals surface area (Å²) >= 11 is 0. The van der Waals surface area contributed by atoms with E-state index in [0.717, 1.165) is 47.0 Å². The molecule has 0 saturated heterocycles. The molecule has 2 aliphatic carbocycles. The van der Waals surface area contributed by atoms with Crippen molar-refractivity contribution in [2.75, 3.05) is 10.6 Å². The van der Waals surface area contributed by atoms with E-state index in [1.54, 1.807) is 0 Å². The Morgan fingerprint density at radius 2 is 0.680 bits per heavy atom. The third-order valence-electron chi connectivity index (χ3n) is 8.15. The van der Waals surface area contributed by atoms with Gasteiger partial charge in [-0.05, 0) is 12.1 Å². The number of ketones is 4. The molecule has 2 N–H and O–H groups in total. The van der Waals surface area contributed by atoms with Crippen molar-refractivity contribution in [3.63, 3.8) is 0 Å². The van der Waals surface area contributed by atoms with Crippen LogP contribution in [0, 0.1) is 0 Å². The second kappa shape index (κ2) is 11.2. The van der Waals surface area contributed by atoms with Gasteiger partial charge in [0.2, 0.25) is 0 Å². The van der Waals surface area contributed by atoms with Gasteiger partial charge in [0.15, 0.2) is 23.1 Å². The maximum absolute atomic E-state index is 15.0. The fourth-order valence-electron chi connectivity index (χ4n) is 5.58. The van der Waals surface area contributed by atoms with Crippen molar-refractivity contribution in [3.05, 3.63) is 129 Å². The number of carbonyl (C=O) groups is 6. The smallest absolute Gasteiger partial charge is 0.320 e. The van der Waals surface area contributed by atoms with E-state index in [2.05, 4.69) is 0 Å². The highest BCUT2D eigenvalue weighted by Crippen LogP contribution is 2.53. The highest BCUT2D eigenvalue weighted by molar-refractivity contribution is 6.31. The maximum atomic E-state index is 15.0. The Kier molecular flexibility index (Phi) is 7.61. The van der Waals surface area contributed by atoms with E-state index in [1.807, 2.05) is 0 Å². The van der Waals surface area contributed by atoms with Crippen molar-refractivity contribution in [2.45, 2.75) is 23.7 Å². The summed E-state index contributed by atoms with van der Waals surface area (Å²) in [7, 11) is 0. The van der Waals surface area contributed by atoms with E-state index >= 15 is 0 Å². The van der Waals surface area contributed by atoms with Crippen LogP contribution >= 0.6 is 0 Å². The van der Waals surface area contributed by atoms with E-state index in [4.69, 9.17) is 0 Å². The number of hydrogen-bond donors (Lipinski definition) is 2. The molecule has 2 aliphatic rings. The summed E-state index contributed by atoms with van der Waals surface area (Å²) < 4.78 is 119. The van der Waals surface area contributed by atoms with Gasteiger partial charge >= 0.3 is 35.5 Å². The number of fused-ring (bicyclic) bond motifs is 4. The molecule has 2 amide bonds. The molecule has 254 valence electrons. The minimum atomic E-state index is -7.30. The van der Waals surface area contributed by atoms with Crippen LogP contribution in [-0.4, -0.2) is 58.6 Å². The van der Waals surface area contributed by atoms with Crippen LogP contribution in [0.5, 0.6) is 0 Å². The second-order valence-electron chi connectivity index (χ2n) is 11.1. The third-order valence-corrected chi connectivity index (χ3v) is 8.15. The van der Waals surface area contributed by atoms with Crippen molar-refractivity contribution >= 4 is 46.3 Å². The lowest BCUT2D eigenvalue weighted by molar-refractivity contribution is -0.345. The molecule has 0 heterocycles. The fourth-order valence-corrected chi connectivity index (χ4v) is 5.58. The third kappa shape index (κ3) is 4.65. The van der Waals surface area contributed by atoms with Crippen LogP contribution in [0.25, 0.3) is 0 Å². The zero-order valence-electron chi connectivity index (χ0n) is 24.6. The predicted molar refractivity (Wildman–Crippen MR) is 157 cm³/mol. The highest BCUT2D eigenvalue weighted by atomic mass is 19.4. The predicted octanol–water partition coefficient (Wildman–Crippen LogP) is 6.36. The first-order valence-corrected chi connectivity index (χ1v) is 14.1. The van der Waals surface area contributed by atoms with Crippen LogP contribution < -0.4 is 10.6 Å².